The van der Waals surface area contributed by atoms with Gasteiger partial charge in [-0.2, -0.15) is 14.6 Å². The first-order chi connectivity index (χ1) is 20.0. The maximum atomic E-state index is 14.3. The number of amides is 2. The smallest absolute Gasteiger partial charge is 0.335 e. The highest BCUT2D eigenvalue weighted by molar-refractivity contribution is 5.98. The summed E-state index contributed by atoms with van der Waals surface area (Å²) in [6.45, 7) is 1.62. The summed E-state index contributed by atoms with van der Waals surface area (Å²) in [6.07, 6.45) is 1.16. The van der Waals surface area contributed by atoms with E-state index in [4.69, 9.17) is 10.8 Å². The molecule has 0 saturated carbocycles. The summed E-state index contributed by atoms with van der Waals surface area (Å²) < 4.78 is 15.5. The fraction of sp³-hybridized carbons (Fsp3) is 0.111. The molecule has 3 aromatic carbocycles. The molecule has 0 fully saturated rings. The van der Waals surface area contributed by atoms with Crippen LogP contribution in [0.25, 0.3) is 5.78 Å². The van der Waals surface area contributed by atoms with Crippen LogP contribution in [-0.4, -0.2) is 42.5 Å². The minimum Gasteiger partial charge on any atom is -0.478 e. The number of aromatic nitrogens is 4. The topological polar surface area (TPSA) is 211 Å². The molecule has 212 valence electrons. The van der Waals surface area contributed by atoms with Crippen molar-refractivity contribution >= 4 is 40.6 Å². The fourth-order valence-corrected chi connectivity index (χ4v) is 4.08. The van der Waals surface area contributed by atoms with Gasteiger partial charge < -0.3 is 26.8 Å². The van der Waals surface area contributed by atoms with E-state index in [1.54, 1.807) is 19.1 Å². The molecular weight excluding hydrogens is 551 g/mol. The Morgan fingerprint density at radius 1 is 1.05 bits per heavy atom. The van der Waals surface area contributed by atoms with Gasteiger partial charge in [-0.05, 0) is 42.3 Å². The number of halogens is 1. The highest BCUT2D eigenvalue weighted by Crippen LogP contribution is 2.23. The van der Waals surface area contributed by atoms with E-state index in [1.165, 1.54) is 30.3 Å². The number of nitrogens with two attached hydrogens (primary N) is 1. The lowest BCUT2D eigenvalue weighted by Crippen LogP contribution is -2.36. The van der Waals surface area contributed by atoms with E-state index >= 15 is 0 Å². The Morgan fingerprint density at radius 2 is 1.79 bits per heavy atom. The molecule has 2 amide bonds. The zero-order chi connectivity index (χ0) is 30.1. The number of rotatable bonds is 9. The first-order valence-electron chi connectivity index (χ1n) is 12.3. The molecule has 42 heavy (non-hydrogen) atoms. The molecule has 0 aliphatic heterocycles. The number of nitrogen functional groups attached to an aromatic ring is 1. The van der Waals surface area contributed by atoms with Crippen molar-refractivity contribution in [1.82, 2.24) is 30.2 Å². The van der Waals surface area contributed by atoms with Crippen molar-refractivity contribution in [3.05, 3.63) is 109 Å². The lowest BCUT2D eigenvalue weighted by Gasteiger charge is -2.15. The van der Waals surface area contributed by atoms with Gasteiger partial charge in [0.15, 0.2) is 0 Å². The maximum Gasteiger partial charge on any atom is 0.335 e. The van der Waals surface area contributed by atoms with Gasteiger partial charge in [-0.3, -0.25) is 19.2 Å². The molecule has 0 aliphatic carbocycles. The number of carboxylic acids is 1. The summed E-state index contributed by atoms with van der Waals surface area (Å²) in [5.74, 6) is -3.05. The quantitative estimate of drug-likeness (QED) is 0.159. The van der Waals surface area contributed by atoms with E-state index in [1.807, 2.05) is 0 Å². The summed E-state index contributed by atoms with van der Waals surface area (Å²) >= 11 is 0. The van der Waals surface area contributed by atoms with Crippen molar-refractivity contribution in [3.63, 3.8) is 0 Å². The highest BCUT2D eigenvalue weighted by Gasteiger charge is 2.21. The third-order valence-electron chi connectivity index (χ3n) is 6.41. The van der Waals surface area contributed by atoms with Crippen molar-refractivity contribution in [2.75, 3.05) is 11.1 Å². The van der Waals surface area contributed by atoms with Crippen LogP contribution in [0.4, 0.5) is 21.5 Å². The van der Waals surface area contributed by atoms with E-state index in [2.05, 4.69) is 31.0 Å². The van der Waals surface area contributed by atoms with Crippen molar-refractivity contribution in [2.45, 2.75) is 19.5 Å². The Morgan fingerprint density at radius 3 is 2.48 bits per heavy atom. The number of nitrogens with zero attached hydrogens (tertiary/aromatic N) is 4. The van der Waals surface area contributed by atoms with Gasteiger partial charge in [-0.25, -0.2) is 14.2 Å². The summed E-state index contributed by atoms with van der Waals surface area (Å²) in [6, 6.07) is 10.6. The summed E-state index contributed by atoms with van der Waals surface area (Å²) in [4.78, 5) is 68.4. The van der Waals surface area contributed by atoms with E-state index in [9.17, 15) is 28.4 Å². The summed E-state index contributed by atoms with van der Waals surface area (Å²) in [7, 11) is 0. The van der Waals surface area contributed by atoms with Gasteiger partial charge in [-0.1, -0.05) is 18.2 Å². The number of hydrogen-bond acceptors (Lipinski definition) is 10. The van der Waals surface area contributed by atoms with Crippen LogP contribution in [0.1, 0.15) is 55.4 Å². The van der Waals surface area contributed by atoms with Gasteiger partial charge in [0, 0.05) is 12.6 Å². The zero-order valence-corrected chi connectivity index (χ0v) is 21.7. The Hall–Kier alpha value is -5.99. The molecule has 5 aromatic rings. The molecule has 2 aromatic heterocycles. The number of carbonyl (C=O) groups excluding carboxylic acids is 2. The fourth-order valence-electron chi connectivity index (χ4n) is 4.08. The first-order valence-corrected chi connectivity index (χ1v) is 12.3. The molecule has 0 aliphatic rings. The predicted octanol–water partition coefficient (Wildman–Crippen LogP) is 1.30. The zero-order valence-electron chi connectivity index (χ0n) is 21.7. The number of carboxylic acid groups (broad SMARTS) is 1. The first kappa shape index (κ1) is 27.6. The van der Waals surface area contributed by atoms with Crippen LogP contribution in [-0.2, 0) is 6.54 Å². The number of carbonyl (C=O) groups is 3. The molecule has 5 rings (SSSR count). The number of anilines is 3. The van der Waals surface area contributed by atoms with E-state index < -0.39 is 40.5 Å². The third-order valence-corrected chi connectivity index (χ3v) is 6.41. The van der Waals surface area contributed by atoms with Gasteiger partial charge in [0.2, 0.25) is 0 Å². The highest BCUT2D eigenvalue weighted by atomic mass is 19.1. The van der Waals surface area contributed by atoms with Crippen LogP contribution < -0.4 is 32.5 Å². The molecular formula is C27H21FN8O6. The number of hydrogen-bond donors (Lipinski definition) is 5. The molecule has 6 N–H and O–H groups in total. The molecule has 0 spiro atoms. The molecule has 0 saturated heterocycles. The molecule has 14 nitrogen and oxygen atoms in total. The Kier molecular flexibility index (Phi) is 7.14. The Bertz CT molecular complexity index is 1950. The third kappa shape index (κ3) is 5.25. The molecule has 1 atom stereocenters. The summed E-state index contributed by atoms with van der Waals surface area (Å²) in [5.41, 5.74) is 4.19. The van der Waals surface area contributed by atoms with Crippen molar-refractivity contribution < 1.29 is 23.9 Å². The standard InChI is InChI=1S/C27H21FN8O6/c1-12(14-3-5-15(6-4-14)26(41)42)33-24(39)18-9-19(36-27(35-18)31-11-32-36)25(40)30-10-13-2-7-16(28)17(8-13)34-21-20(29)22(37)23(21)38/h2-9,11-12,34H,10,29H2,1H3,(H,30,40)(H,33,39)(H,41,42)/t12-/m1/s1. The average molecular weight is 573 g/mol. The van der Waals surface area contributed by atoms with Crippen LogP contribution in [0.3, 0.4) is 0 Å². The van der Waals surface area contributed by atoms with Gasteiger partial charge in [0.1, 0.15) is 34.9 Å². The lowest BCUT2D eigenvalue weighted by atomic mass is 10.1. The van der Waals surface area contributed by atoms with E-state index in [-0.39, 0.29) is 46.3 Å². The molecule has 0 radical (unpaired) electrons. The predicted molar refractivity (Wildman–Crippen MR) is 147 cm³/mol. The maximum absolute atomic E-state index is 14.3. The number of nitrogens with one attached hydrogen (secondary N) is 3. The Balaban J connectivity index is 1.31. The second-order valence-electron chi connectivity index (χ2n) is 9.19. The van der Waals surface area contributed by atoms with Crippen molar-refractivity contribution in [1.29, 1.82) is 0 Å². The Labute approximate surface area is 234 Å². The minimum absolute atomic E-state index is 0.00916. The van der Waals surface area contributed by atoms with Crippen LogP contribution >= 0.6 is 0 Å². The average Bonchev–Trinajstić information content (AvgIpc) is 3.47. The van der Waals surface area contributed by atoms with Crippen LogP contribution in [0.5, 0.6) is 0 Å². The molecule has 0 bridgehead atoms. The second kappa shape index (κ2) is 10.9. The number of aromatic carboxylic acids is 1. The molecule has 2 heterocycles. The number of fused-ring (bicyclic) bond motifs is 1. The summed E-state index contributed by atoms with van der Waals surface area (Å²) in [5, 5.41) is 21.0. The van der Waals surface area contributed by atoms with Crippen LogP contribution in [0, 0.1) is 5.82 Å². The lowest BCUT2D eigenvalue weighted by molar-refractivity contribution is 0.0696. The normalized spacial score (nSPS) is 11.8. The number of benzene rings is 2. The van der Waals surface area contributed by atoms with E-state index in [0.29, 0.717) is 11.1 Å². The van der Waals surface area contributed by atoms with Gasteiger partial charge in [0.05, 0.1) is 17.3 Å². The molecule has 15 heteroatoms. The largest absolute Gasteiger partial charge is 0.478 e. The van der Waals surface area contributed by atoms with Gasteiger partial charge >= 0.3 is 5.97 Å². The van der Waals surface area contributed by atoms with Crippen LogP contribution in [0.15, 0.2) is 64.4 Å². The van der Waals surface area contributed by atoms with Crippen LogP contribution in [0.2, 0.25) is 0 Å². The monoisotopic (exact) mass is 572 g/mol. The second-order valence-corrected chi connectivity index (χ2v) is 9.19. The minimum atomic E-state index is -1.07. The SMILES string of the molecule is C[C@@H](NC(=O)c1cc(C(=O)NCc2ccc(F)c(Nc3c(N)c(=O)c3=O)c2)n2ncnc2n1)c1ccc(C(=O)O)cc1. The van der Waals surface area contributed by atoms with Gasteiger partial charge in [-0.15, -0.1) is 0 Å². The van der Waals surface area contributed by atoms with Crippen molar-refractivity contribution in [2.24, 2.45) is 0 Å². The van der Waals surface area contributed by atoms with E-state index in [0.717, 1.165) is 16.9 Å². The molecule has 0 unspecified atom stereocenters. The van der Waals surface area contributed by atoms with Gasteiger partial charge in [0.25, 0.3) is 28.4 Å². The van der Waals surface area contributed by atoms with Crippen molar-refractivity contribution in [3.8, 4) is 0 Å².